The Hall–Kier alpha value is -3.42. The van der Waals surface area contributed by atoms with Crippen LogP contribution in [-0.4, -0.2) is 37.4 Å². The number of benzene rings is 1. The molecule has 5 rings (SSSR count). The first-order chi connectivity index (χ1) is 15.6. The highest BCUT2D eigenvalue weighted by molar-refractivity contribution is 6.04. The quantitative estimate of drug-likeness (QED) is 0.626. The molecule has 1 aromatic carbocycles. The number of carbonyl (C=O) groups excluding carboxylic acids is 2. The summed E-state index contributed by atoms with van der Waals surface area (Å²) in [6, 6.07) is 8.44. The molecule has 32 heavy (non-hydrogen) atoms. The van der Waals surface area contributed by atoms with Crippen LogP contribution in [0.15, 0.2) is 36.7 Å². The third-order valence-corrected chi connectivity index (χ3v) is 6.34. The smallest absolute Gasteiger partial charge is 0.276 e. The zero-order chi connectivity index (χ0) is 22.1. The van der Waals surface area contributed by atoms with Crippen LogP contribution in [0, 0.1) is 6.92 Å². The van der Waals surface area contributed by atoms with Gasteiger partial charge in [0.1, 0.15) is 6.54 Å². The van der Waals surface area contributed by atoms with E-state index < -0.39 is 0 Å². The van der Waals surface area contributed by atoms with Gasteiger partial charge in [0.25, 0.3) is 5.91 Å². The molecule has 0 saturated heterocycles. The number of aryl methyl sites for hydroxylation is 1. The normalized spacial score (nSPS) is 15.7. The molecule has 0 atom stereocenters. The van der Waals surface area contributed by atoms with Gasteiger partial charge in [-0.1, -0.05) is 30.5 Å². The number of carbonyl (C=O) groups is 2. The summed E-state index contributed by atoms with van der Waals surface area (Å²) in [5.41, 5.74) is 5.30. The first-order valence-electron chi connectivity index (χ1n) is 11.4. The van der Waals surface area contributed by atoms with Gasteiger partial charge in [-0.15, -0.1) is 0 Å². The first kappa shape index (κ1) is 20.5. The van der Waals surface area contributed by atoms with Gasteiger partial charge in [-0.25, -0.2) is 4.68 Å². The van der Waals surface area contributed by atoms with Crippen molar-refractivity contribution in [2.45, 2.75) is 64.5 Å². The fourth-order valence-electron chi connectivity index (χ4n) is 4.71. The van der Waals surface area contributed by atoms with Gasteiger partial charge in [0.2, 0.25) is 5.91 Å². The lowest BCUT2D eigenvalue weighted by Crippen LogP contribution is -2.35. The molecule has 0 spiro atoms. The Balaban J connectivity index is 1.28. The van der Waals surface area contributed by atoms with Crippen LogP contribution in [0.4, 0.5) is 5.69 Å². The largest absolute Gasteiger partial charge is 0.352 e. The number of hydrogen-bond donors (Lipinski definition) is 2. The van der Waals surface area contributed by atoms with Gasteiger partial charge in [-0.2, -0.15) is 10.2 Å². The van der Waals surface area contributed by atoms with Crippen molar-refractivity contribution in [3.8, 4) is 5.69 Å². The summed E-state index contributed by atoms with van der Waals surface area (Å²) in [6.07, 6.45) is 10.5. The van der Waals surface area contributed by atoms with Crippen molar-refractivity contribution in [1.29, 1.82) is 0 Å². The van der Waals surface area contributed by atoms with E-state index in [1.807, 2.05) is 16.8 Å². The van der Waals surface area contributed by atoms with Gasteiger partial charge in [0.05, 0.1) is 17.6 Å². The van der Waals surface area contributed by atoms with E-state index in [0.717, 1.165) is 49.0 Å². The molecule has 0 bridgehead atoms. The van der Waals surface area contributed by atoms with Crippen LogP contribution in [0.1, 0.15) is 59.4 Å². The minimum absolute atomic E-state index is 0.0486. The van der Waals surface area contributed by atoms with Crippen LogP contribution in [-0.2, 0) is 24.2 Å². The summed E-state index contributed by atoms with van der Waals surface area (Å²) in [5, 5.41) is 14.8. The molecule has 1 fully saturated rings. The van der Waals surface area contributed by atoms with Crippen LogP contribution in [0.5, 0.6) is 0 Å². The average molecular weight is 433 g/mol. The number of nitrogens with one attached hydrogen (secondary N) is 2. The van der Waals surface area contributed by atoms with E-state index in [4.69, 9.17) is 0 Å². The number of rotatable bonds is 6. The molecule has 2 aliphatic carbocycles. The summed E-state index contributed by atoms with van der Waals surface area (Å²) in [7, 11) is 0. The van der Waals surface area contributed by atoms with E-state index in [0.29, 0.717) is 11.4 Å². The monoisotopic (exact) mass is 432 g/mol. The van der Waals surface area contributed by atoms with Crippen molar-refractivity contribution >= 4 is 17.5 Å². The van der Waals surface area contributed by atoms with E-state index in [9.17, 15) is 9.59 Å². The van der Waals surface area contributed by atoms with E-state index in [1.54, 1.807) is 17.1 Å². The number of amides is 2. The standard InChI is InChI=1S/C24H28N6O2/c1-16-9-11-19(12-10-16)30-21-8-4-7-20(21)23(28-30)24(32)27-18-13-25-29(14-18)15-22(31)26-17-5-2-3-6-17/h9-14,17H,2-8,15H2,1H3,(H,26,31)(H,27,32). The van der Waals surface area contributed by atoms with Gasteiger partial charge >= 0.3 is 0 Å². The molecular weight excluding hydrogens is 404 g/mol. The van der Waals surface area contributed by atoms with Gasteiger partial charge in [-0.05, 0) is 51.2 Å². The Morgan fingerprint density at radius 3 is 2.66 bits per heavy atom. The number of hydrogen-bond acceptors (Lipinski definition) is 4. The van der Waals surface area contributed by atoms with E-state index in [2.05, 4.69) is 39.9 Å². The Labute approximate surface area is 187 Å². The number of anilines is 1. The maximum absolute atomic E-state index is 13.0. The van der Waals surface area contributed by atoms with Crippen molar-refractivity contribution in [2.24, 2.45) is 0 Å². The average Bonchev–Trinajstić information content (AvgIpc) is 3.54. The molecule has 2 amide bonds. The molecule has 8 heteroatoms. The zero-order valence-corrected chi connectivity index (χ0v) is 18.3. The molecule has 166 valence electrons. The second-order valence-corrected chi connectivity index (χ2v) is 8.80. The third kappa shape index (κ3) is 4.17. The summed E-state index contributed by atoms with van der Waals surface area (Å²) in [5.74, 6) is -0.295. The van der Waals surface area contributed by atoms with Crippen LogP contribution in [0.25, 0.3) is 5.69 Å². The zero-order valence-electron chi connectivity index (χ0n) is 18.3. The highest BCUT2D eigenvalue weighted by Crippen LogP contribution is 2.28. The topological polar surface area (TPSA) is 93.8 Å². The summed E-state index contributed by atoms with van der Waals surface area (Å²) >= 11 is 0. The predicted molar refractivity (Wildman–Crippen MR) is 121 cm³/mol. The van der Waals surface area contributed by atoms with Crippen LogP contribution < -0.4 is 10.6 Å². The predicted octanol–water partition coefficient (Wildman–Crippen LogP) is 3.18. The highest BCUT2D eigenvalue weighted by Gasteiger charge is 2.27. The van der Waals surface area contributed by atoms with Crippen molar-refractivity contribution < 1.29 is 9.59 Å². The van der Waals surface area contributed by atoms with Crippen molar-refractivity contribution in [3.63, 3.8) is 0 Å². The van der Waals surface area contributed by atoms with Crippen molar-refractivity contribution in [3.05, 3.63) is 59.2 Å². The highest BCUT2D eigenvalue weighted by atomic mass is 16.2. The van der Waals surface area contributed by atoms with E-state index in [-0.39, 0.29) is 24.4 Å². The number of aromatic nitrogens is 4. The Morgan fingerprint density at radius 2 is 1.88 bits per heavy atom. The molecule has 2 N–H and O–H groups in total. The lowest BCUT2D eigenvalue weighted by molar-refractivity contribution is -0.122. The van der Waals surface area contributed by atoms with Gasteiger partial charge in [-0.3, -0.25) is 14.3 Å². The minimum Gasteiger partial charge on any atom is -0.352 e. The fraction of sp³-hybridized carbons (Fsp3) is 0.417. The van der Waals surface area contributed by atoms with Crippen molar-refractivity contribution in [1.82, 2.24) is 24.9 Å². The van der Waals surface area contributed by atoms with Crippen LogP contribution in [0.3, 0.4) is 0 Å². The maximum Gasteiger partial charge on any atom is 0.276 e. The molecule has 1 saturated carbocycles. The summed E-state index contributed by atoms with van der Waals surface area (Å²) in [6.45, 7) is 2.19. The SMILES string of the molecule is Cc1ccc(-n2nc(C(=O)Nc3cnn(CC(=O)NC4CCCC4)c3)c3c2CCC3)cc1. The van der Waals surface area contributed by atoms with E-state index >= 15 is 0 Å². The molecular formula is C24H28N6O2. The molecule has 2 aromatic heterocycles. The van der Waals surface area contributed by atoms with Gasteiger partial charge in [0.15, 0.2) is 5.69 Å². The maximum atomic E-state index is 13.0. The first-order valence-corrected chi connectivity index (χ1v) is 11.4. The molecule has 0 radical (unpaired) electrons. The minimum atomic E-state index is -0.246. The fourth-order valence-corrected chi connectivity index (χ4v) is 4.71. The van der Waals surface area contributed by atoms with Gasteiger partial charge in [0, 0.05) is 23.5 Å². The molecule has 0 aliphatic heterocycles. The Kier molecular flexibility index (Phi) is 5.51. The second-order valence-electron chi connectivity index (χ2n) is 8.80. The summed E-state index contributed by atoms with van der Waals surface area (Å²) in [4.78, 5) is 25.3. The van der Waals surface area contributed by atoms with Crippen LogP contribution in [0.2, 0.25) is 0 Å². The van der Waals surface area contributed by atoms with E-state index in [1.165, 1.54) is 18.4 Å². The Morgan fingerprint density at radius 1 is 1.09 bits per heavy atom. The number of fused-ring (bicyclic) bond motifs is 1. The Bertz CT molecular complexity index is 1140. The lowest BCUT2D eigenvalue weighted by Gasteiger charge is -2.11. The lowest BCUT2D eigenvalue weighted by atomic mass is 10.2. The third-order valence-electron chi connectivity index (χ3n) is 6.34. The number of nitrogens with zero attached hydrogens (tertiary/aromatic N) is 4. The molecule has 0 unspecified atom stereocenters. The molecule has 8 nitrogen and oxygen atoms in total. The van der Waals surface area contributed by atoms with Crippen LogP contribution >= 0.6 is 0 Å². The summed E-state index contributed by atoms with van der Waals surface area (Å²) < 4.78 is 3.45. The second kappa shape index (κ2) is 8.61. The van der Waals surface area contributed by atoms with Crippen molar-refractivity contribution in [2.75, 3.05) is 5.32 Å². The molecule has 2 heterocycles. The van der Waals surface area contributed by atoms with Gasteiger partial charge < -0.3 is 10.6 Å². The molecule has 3 aromatic rings. The molecule has 2 aliphatic rings.